The summed E-state index contributed by atoms with van der Waals surface area (Å²) in [6.45, 7) is 7.92. The summed E-state index contributed by atoms with van der Waals surface area (Å²) in [7, 11) is 0. The molecule has 0 bridgehead atoms. The third-order valence-corrected chi connectivity index (χ3v) is 5.76. The highest BCUT2D eigenvalue weighted by atomic mass is 16.4. The van der Waals surface area contributed by atoms with Crippen molar-refractivity contribution in [2.75, 3.05) is 32.7 Å². The molecule has 0 atom stereocenters. The fourth-order valence-electron chi connectivity index (χ4n) is 4.19. The van der Waals surface area contributed by atoms with E-state index in [0.29, 0.717) is 12.1 Å². The van der Waals surface area contributed by atoms with E-state index >= 15 is 0 Å². The van der Waals surface area contributed by atoms with Gasteiger partial charge in [0.05, 0.1) is 5.56 Å². The molecule has 25 heavy (non-hydrogen) atoms. The van der Waals surface area contributed by atoms with Crippen molar-refractivity contribution in [1.82, 2.24) is 9.80 Å². The second-order valence-electron chi connectivity index (χ2n) is 7.20. The van der Waals surface area contributed by atoms with E-state index in [9.17, 15) is 9.90 Å². The van der Waals surface area contributed by atoms with Gasteiger partial charge in [-0.2, -0.15) is 0 Å². The van der Waals surface area contributed by atoms with Gasteiger partial charge < -0.3 is 14.4 Å². The van der Waals surface area contributed by atoms with Crippen molar-refractivity contribution in [3.63, 3.8) is 0 Å². The topological polar surface area (TPSA) is 56.9 Å². The molecule has 2 heterocycles. The number of phenols is 1. The number of likely N-dealkylation sites (N-methyl/N-ethyl adjacent to an activating group) is 1. The molecule has 2 aliphatic rings. The van der Waals surface area contributed by atoms with Crippen LogP contribution >= 0.6 is 0 Å². The van der Waals surface area contributed by atoms with Gasteiger partial charge in [-0.25, -0.2) is 4.79 Å². The molecule has 1 aliphatic heterocycles. The van der Waals surface area contributed by atoms with Gasteiger partial charge in [-0.05, 0) is 49.9 Å². The summed E-state index contributed by atoms with van der Waals surface area (Å²) in [5.41, 5.74) is 3.10. The zero-order valence-electron chi connectivity index (χ0n) is 14.9. The second-order valence-corrected chi connectivity index (χ2v) is 7.20. The first kappa shape index (κ1) is 16.6. The van der Waals surface area contributed by atoms with Crippen LogP contribution in [0, 0.1) is 0 Å². The van der Waals surface area contributed by atoms with E-state index in [2.05, 4.69) is 16.7 Å². The van der Waals surface area contributed by atoms with Crippen LogP contribution in [0.4, 0.5) is 0 Å². The van der Waals surface area contributed by atoms with Gasteiger partial charge in [0.25, 0.3) is 0 Å². The Morgan fingerprint density at radius 1 is 1.04 bits per heavy atom. The minimum atomic E-state index is -0.218. The molecule has 1 aliphatic carbocycles. The van der Waals surface area contributed by atoms with E-state index in [4.69, 9.17) is 4.42 Å². The van der Waals surface area contributed by atoms with E-state index in [1.807, 2.05) is 6.07 Å². The fraction of sp³-hybridized carbons (Fsp3) is 0.550. The summed E-state index contributed by atoms with van der Waals surface area (Å²) in [6, 6.07) is 3.67. The SMILES string of the molecule is CCN1CCN(Cc2c(O)ccc3c4c(c(=O)oc23)CCCC4)CC1. The molecular weight excluding hydrogens is 316 g/mol. The second kappa shape index (κ2) is 6.81. The quantitative estimate of drug-likeness (QED) is 0.869. The minimum Gasteiger partial charge on any atom is -0.507 e. The summed E-state index contributed by atoms with van der Waals surface area (Å²) in [5, 5.41) is 11.4. The number of aromatic hydroxyl groups is 1. The zero-order valence-corrected chi connectivity index (χ0v) is 14.9. The van der Waals surface area contributed by atoms with Gasteiger partial charge in [-0.3, -0.25) is 4.90 Å². The third-order valence-electron chi connectivity index (χ3n) is 5.76. The number of benzene rings is 1. The summed E-state index contributed by atoms with van der Waals surface area (Å²) in [4.78, 5) is 17.2. The number of piperazine rings is 1. The van der Waals surface area contributed by atoms with Gasteiger partial charge in [-0.15, -0.1) is 0 Å². The monoisotopic (exact) mass is 342 g/mol. The Kier molecular flexibility index (Phi) is 4.52. The van der Waals surface area contributed by atoms with E-state index in [-0.39, 0.29) is 11.4 Å². The Morgan fingerprint density at radius 3 is 2.44 bits per heavy atom. The average Bonchev–Trinajstić information content (AvgIpc) is 2.65. The molecule has 5 nitrogen and oxygen atoms in total. The van der Waals surface area contributed by atoms with Crippen molar-refractivity contribution in [3.8, 4) is 5.75 Å². The lowest BCUT2D eigenvalue weighted by atomic mass is 9.90. The molecule has 2 aromatic rings. The fourth-order valence-corrected chi connectivity index (χ4v) is 4.19. The molecule has 1 N–H and O–H groups in total. The summed E-state index contributed by atoms with van der Waals surface area (Å²) in [5.74, 6) is 0.226. The average molecular weight is 342 g/mol. The van der Waals surface area contributed by atoms with Crippen LogP contribution in [0.3, 0.4) is 0 Å². The number of aryl methyl sites for hydroxylation is 1. The number of rotatable bonds is 3. The normalized spacial score (nSPS) is 19.2. The Balaban J connectivity index is 1.72. The van der Waals surface area contributed by atoms with Crippen LogP contribution in [0.15, 0.2) is 21.3 Å². The van der Waals surface area contributed by atoms with Gasteiger partial charge in [0.15, 0.2) is 0 Å². The van der Waals surface area contributed by atoms with Crippen LogP contribution in [0.25, 0.3) is 11.0 Å². The van der Waals surface area contributed by atoms with Gasteiger partial charge in [-0.1, -0.05) is 6.92 Å². The lowest BCUT2D eigenvalue weighted by Crippen LogP contribution is -2.45. The van der Waals surface area contributed by atoms with Crippen LogP contribution in [0.2, 0.25) is 0 Å². The maximum absolute atomic E-state index is 12.4. The van der Waals surface area contributed by atoms with Crippen LogP contribution in [0.5, 0.6) is 5.75 Å². The van der Waals surface area contributed by atoms with Gasteiger partial charge in [0.1, 0.15) is 11.3 Å². The van der Waals surface area contributed by atoms with E-state index in [0.717, 1.165) is 80.5 Å². The van der Waals surface area contributed by atoms with Crippen LogP contribution in [-0.2, 0) is 19.4 Å². The highest BCUT2D eigenvalue weighted by molar-refractivity contribution is 5.86. The molecule has 0 amide bonds. The molecule has 4 rings (SSSR count). The number of hydrogen-bond donors (Lipinski definition) is 1. The van der Waals surface area contributed by atoms with Crippen molar-refractivity contribution in [2.24, 2.45) is 0 Å². The largest absolute Gasteiger partial charge is 0.507 e. The van der Waals surface area contributed by atoms with Crippen molar-refractivity contribution >= 4 is 11.0 Å². The third kappa shape index (κ3) is 3.07. The predicted octanol–water partition coefficient (Wildman–Crippen LogP) is 2.51. The Hall–Kier alpha value is -1.85. The van der Waals surface area contributed by atoms with Gasteiger partial charge >= 0.3 is 5.63 Å². The Bertz CT molecular complexity index is 835. The summed E-state index contributed by atoms with van der Waals surface area (Å²) in [6.07, 6.45) is 3.90. The molecule has 0 radical (unpaired) electrons. The molecule has 0 spiro atoms. The van der Waals surface area contributed by atoms with Crippen molar-refractivity contribution < 1.29 is 9.52 Å². The summed E-state index contributed by atoms with van der Waals surface area (Å²) < 4.78 is 5.70. The van der Waals surface area contributed by atoms with Crippen molar-refractivity contribution in [1.29, 1.82) is 0 Å². The predicted molar refractivity (Wildman–Crippen MR) is 98.2 cm³/mol. The number of fused-ring (bicyclic) bond motifs is 3. The van der Waals surface area contributed by atoms with Gasteiger partial charge in [0.2, 0.25) is 0 Å². The maximum Gasteiger partial charge on any atom is 0.339 e. The Morgan fingerprint density at radius 2 is 1.72 bits per heavy atom. The zero-order chi connectivity index (χ0) is 17.4. The lowest BCUT2D eigenvalue weighted by molar-refractivity contribution is 0.131. The standard InChI is InChI=1S/C20H26N2O3/c1-2-21-9-11-22(12-10-21)13-17-18(23)8-7-15-14-5-3-4-6-16(14)20(24)25-19(15)17/h7-8,23H,2-6,9-13H2,1H3. The molecule has 1 fully saturated rings. The first-order chi connectivity index (χ1) is 12.2. The first-order valence-corrected chi connectivity index (χ1v) is 9.41. The van der Waals surface area contributed by atoms with E-state index in [1.54, 1.807) is 6.07 Å². The highest BCUT2D eigenvalue weighted by Gasteiger charge is 2.23. The summed E-state index contributed by atoms with van der Waals surface area (Å²) >= 11 is 0. The molecule has 1 saturated heterocycles. The van der Waals surface area contributed by atoms with E-state index in [1.165, 1.54) is 0 Å². The van der Waals surface area contributed by atoms with Crippen LogP contribution < -0.4 is 5.63 Å². The van der Waals surface area contributed by atoms with Crippen LogP contribution in [0.1, 0.15) is 36.5 Å². The van der Waals surface area contributed by atoms with E-state index < -0.39 is 0 Å². The minimum absolute atomic E-state index is 0.218. The maximum atomic E-state index is 12.4. The molecular formula is C20H26N2O3. The number of phenolic OH excluding ortho intramolecular Hbond substituents is 1. The Labute approximate surface area is 147 Å². The smallest absolute Gasteiger partial charge is 0.339 e. The lowest BCUT2D eigenvalue weighted by Gasteiger charge is -2.34. The molecule has 134 valence electrons. The molecule has 0 unspecified atom stereocenters. The van der Waals surface area contributed by atoms with Crippen LogP contribution in [-0.4, -0.2) is 47.6 Å². The molecule has 0 saturated carbocycles. The number of nitrogens with zero attached hydrogens (tertiary/aromatic N) is 2. The van der Waals surface area contributed by atoms with Gasteiger partial charge in [0, 0.05) is 43.7 Å². The highest BCUT2D eigenvalue weighted by Crippen LogP contribution is 2.33. The number of hydrogen-bond acceptors (Lipinski definition) is 5. The van der Waals surface area contributed by atoms with Crippen molar-refractivity contribution in [3.05, 3.63) is 39.2 Å². The first-order valence-electron chi connectivity index (χ1n) is 9.41. The molecule has 1 aromatic carbocycles. The van der Waals surface area contributed by atoms with Crippen molar-refractivity contribution in [2.45, 2.75) is 39.2 Å². The molecule has 1 aromatic heterocycles. The molecule has 5 heteroatoms.